The standard InChI is InChI=1S/C7H8.2CH4/c1-6-3-4-7(2)5-6;;/h3-5H,1H2,2H3;2*1H4. The Morgan fingerprint density at radius 3 is 1.89 bits per heavy atom. The van der Waals surface area contributed by atoms with E-state index in [1.807, 2.05) is 6.08 Å². The van der Waals surface area contributed by atoms with Gasteiger partial charge in [-0.25, -0.2) is 0 Å². The monoisotopic (exact) mass is 124 g/mol. The maximum atomic E-state index is 3.74. The summed E-state index contributed by atoms with van der Waals surface area (Å²) < 4.78 is 0. The molecule has 0 heterocycles. The molecule has 0 saturated carbocycles. The van der Waals surface area contributed by atoms with Gasteiger partial charge in [0.1, 0.15) is 0 Å². The van der Waals surface area contributed by atoms with Crippen molar-refractivity contribution in [2.24, 2.45) is 0 Å². The van der Waals surface area contributed by atoms with E-state index < -0.39 is 0 Å². The Bertz CT molecular complexity index is 147. The molecule has 0 nitrogen and oxygen atoms in total. The fourth-order valence-corrected chi connectivity index (χ4v) is 0.627. The normalized spacial score (nSPS) is 13.9. The van der Waals surface area contributed by atoms with E-state index >= 15 is 0 Å². The lowest BCUT2D eigenvalue weighted by molar-refractivity contribution is 1.56. The molecule has 0 bridgehead atoms. The van der Waals surface area contributed by atoms with Crippen LogP contribution in [0.5, 0.6) is 0 Å². The Hall–Kier alpha value is -0.780. The summed E-state index contributed by atoms with van der Waals surface area (Å²) in [5.74, 6) is 0. The molecule has 0 aromatic heterocycles. The van der Waals surface area contributed by atoms with Crippen LogP contribution >= 0.6 is 0 Å². The van der Waals surface area contributed by atoms with Crippen molar-refractivity contribution in [2.45, 2.75) is 21.8 Å². The summed E-state index contributed by atoms with van der Waals surface area (Å²) in [6, 6.07) is 0. The van der Waals surface area contributed by atoms with Gasteiger partial charge in [0, 0.05) is 0 Å². The van der Waals surface area contributed by atoms with Gasteiger partial charge in [0.05, 0.1) is 0 Å². The topological polar surface area (TPSA) is 0 Å². The minimum absolute atomic E-state index is 0. The molecule has 0 N–H and O–H groups in total. The molecule has 0 unspecified atom stereocenters. The first kappa shape index (κ1) is 11.1. The minimum atomic E-state index is 0. The summed E-state index contributed by atoms with van der Waals surface area (Å²) in [5.41, 5.74) is 2.41. The summed E-state index contributed by atoms with van der Waals surface area (Å²) in [6.45, 7) is 5.81. The predicted octanol–water partition coefficient (Wildman–Crippen LogP) is 3.33. The number of hydrogen-bond acceptors (Lipinski definition) is 0. The van der Waals surface area contributed by atoms with Crippen molar-refractivity contribution >= 4 is 0 Å². The van der Waals surface area contributed by atoms with Crippen LogP contribution in [0, 0.1) is 0 Å². The lowest BCUT2D eigenvalue weighted by Gasteiger charge is -1.75. The van der Waals surface area contributed by atoms with Gasteiger partial charge in [-0.3, -0.25) is 0 Å². The smallest absolute Gasteiger partial charge is 0.0326 e. The van der Waals surface area contributed by atoms with Gasteiger partial charge in [-0.15, -0.1) is 0 Å². The number of rotatable bonds is 0. The molecule has 52 valence electrons. The van der Waals surface area contributed by atoms with Crippen molar-refractivity contribution in [3.63, 3.8) is 0 Å². The van der Waals surface area contributed by atoms with Crippen molar-refractivity contribution in [3.05, 3.63) is 36.0 Å². The van der Waals surface area contributed by atoms with Crippen molar-refractivity contribution in [3.8, 4) is 0 Å². The van der Waals surface area contributed by atoms with Crippen molar-refractivity contribution < 1.29 is 0 Å². The maximum Gasteiger partial charge on any atom is -0.0326 e. The first-order valence-electron chi connectivity index (χ1n) is 2.34. The molecule has 0 radical (unpaired) electrons. The first-order valence-corrected chi connectivity index (χ1v) is 2.34. The quantitative estimate of drug-likeness (QED) is 0.464. The molecule has 0 amide bonds. The van der Waals surface area contributed by atoms with Crippen molar-refractivity contribution in [1.82, 2.24) is 0 Å². The van der Waals surface area contributed by atoms with Gasteiger partial charge in [-0.05, 0) is 12.5 Å². The predicted molar refractivity (Wildman–Crippen MR) is 45.5 cm³/mol. The molecule has 0 aromatic rings. The molecule has 0 aromatic carbocycles. The highest BCUT2D eigenvalue weighted by molar-refractivity contribution is 5.42. The van der Waals surface area contributed by atoms with Crippen LogP contribution in [0.1, 0.15) is 21.8 Å². The van der Waals surface area contributed by atoms with Gasteiger partial charge in [0.2, 0.25) is 0 Å². The average molecular weight is 124 g/mol. The molecular weight excluding hydrogens is 108 g/mol. The molecule has 1 aliphatic carbocycles. The molecule has 0 aliphatic heterocycles. The third kappa shape index (κ3) is 2.91. The van der Waals surface area contributed by atoms with Crippen molar-refractivity contribution in [2.75, 3.05) is 0 Å². The van der Waals surface area contributed by atoms with E-state index in [2.05, 4.69) is 25.7 Å². The van der Waals surface area contributed by atoms with Gasteiger partial charge in [-0.1, -0.05) is 45.2 Å². The second-order valence-corrected chi connectivity index (χ2v) is 1.80. The fourth-order valence-electron chi connectivity index (χ4n) is 0.627. The first-order chi connectivity index (χ1) is 3.29. The Labute approximate surface area is 58.6 Å². The summed E-state index contributed by atoms with van der Waals surface area (Å²) in [6.07, 6.45) is 6.12. The molecule has 1 rings (SSSR count). The zero-order chi connectivity index (χ0) is 5.28. The lowest BCUT2D eigenvalue weighted by atomic mass is 10.3. The molecule has 0 atom stereocenters. The third-order valence-electron chi connectivity index (χ3n) is 0.973. The largest absolute Gasteiger partial charge is 0.0918 e. The highest BCUT2D eigenvalue weighted by atomic mass is 14.0. The molecular formula is C9H16. The van der Waals surface area contributed by atoms with E-state index in [9.17, 15) is 0 Å². The molecule has 0 fully saturated rings. The Balaban J connectivity index is 0. The van der Waals surface area contributed by atoms with Crippen molar-refractivity contribution in [1.29, 1.82) is 0 Å². The average Bonchev–Trinajstić information content (AvgIpc) is 1.87. The Kier molecular flexibility index (Phi) is 5.09. The Morgan fingerprint density at radius 2 is 1.78 bits per heavy atom. The SMILES string of the molecule is C.C.C=C1C=CC(C)=C1. The summed E-state index contributed by atoms with van der Waals surface area (Å²) in [5, 5.41) is 0. The maximum absolute atomic E-state index is 3.74. The van der Waals surface area contributed by atoms with Gasteiger partial charge in [-0.2, -0.15) is 0 Å². The fraction of sp³-hybridized carbons (Fsp3) is 0.333. The van der Waals surface area contributed by atoms with Crippen LogP contribution in [0.15, 0.2) is 36.0 Å². The van der Waals surface area contributed by atoms with E-state index in [1.54, 1.807) is 0 Å². The number of hydrogen-bond donors (Lipinski definition) is 0. The highest BCUT2D eigenvalue weighted by Gasteiger charge is 1.90. The summed E-state index contributed by atoms with van der Waals surface area (Å²) >= 11 is 0. The zero-order valence-corrected chi connectivity index (χ0v) is 4.44. The van der Waals surface area contributed by atoms with Gasteiger partial charge in [0.15, 0.2) is 0 Å². The van der Waals surface area contributed by atoms with Crippen LogP contribution in [0.25, 0.3) is 0 Å². The van der Waals surface area contributed by atoms with Crippen LogP contribution < -0.4 is 0 Å². The lowest BCUT2D eigenvalue weighted by Crippen LogP contribution is -1.55. The van der Waals surface area contributed by atoms with E-state index in [0.29, 0.717) is 0 Å². The molecule has 9 heavy (non-hydrogen) atoms. The summed E-state index contributed by atoms with van der Waals surface area (Å²) in [4.78, 5) is 0. The van der Waals surface area contributed by atoms with E-state index in [-0.39, 0.29) is 14.9 Å². The van der Waals surface area contributed by atoms with Gasteiger partial charge < -0.3 is 0 Å². The molecule has 0 spiro atoms. The molecule has 1 aliphatic rings. The van der Waals surface area contributed by atoms with Gasteiger partial charge >= 0.3 is 0 Å². The molecule has 0 saturated heterocycles. The van der Waals surface area contributed by atoms with Crippen LogP contribution in [-0.4, -0.2) is 0 Å². The van der Waals surface area contributed by atoms with E-state index in [0.717, 1.165) is 5.57 Å². The third-order valence-corrected chi connectivity index (χ3v) is 0.973. The second kappa shape index (κ2) is 4.13. The van der Waals surface area contributed by atoms with Crippen LogP contribution in [-0.2, 0) is 0 Å². The van der Waals surface area contributed by atoms with Crippen LogP contribution in [0.4, 0.5) is 0 Å². The van der Waals surface area contributed by atoms with Gasteiger partial charge in [0.25, 0.3) is 0 Å². The zero-order valence-electron chi connectivity index (χ0n) is 4.44. The summed E-state index contributed by atoms with van der Waals surface area (Å²) in [7, 11) is 0. The Morgan fingerprint density at radius 1 is 1.22 bits per heavy atom. The number of allylic oxidation sites excluding steroid dienone is 5. The minimum Gasteiger partial charge on any atom is -0.0918 e. The highest BCUT2D eigenvalue weighted by Crippen LogP contribution is 2.10. The van der Waals surface area contributed by atoms with Crippen LogP contribution in [0.3, 0.4) is 0 Å². The second-order valence-electron chi connectivity index (χ2n) is 1.80. The van der Waals surface area contributed by atoms with E-state index in [1.165, 1.54) is 5.57 Å². The molecule has 0 heteroatoms. The van der Waals surface area contributed by atoms with E-state index in [4.69, 9.17) is 0 Å². The van der Waals surface area contributed by atoms with Crippen LogP contribution in [0.2, 0.25) is 0 Å².